The van der Waals surface area contributed by atoms with Crippen LogP contribution in [0.2, 0.25) is 0 Å². The van der Waals surface area contributed by atoms with Crippen molar-refractivity contribution in [2.75, 3.05) is 26.4 Å². The first-order chi connectivity index (χ1) is 30.2. The van der Waals surface area contributed by atoms with Gasteiger partial charge in [0.25, 0.3) is 0 Å². The van der Waals surface area contributed by atoms with Gasteiger partial charge in [0.05, 0.1) is 57.2 Å². The molecule has 0 unspecified atom stereocenters. The van der Waals surface area contributed by atoms with Crippen molar-refractivity contribution in [3.63, 3.8) is 0 Å². The molecule has 5 aromatic carbocycles. The topological polar surface area (TPSA) is 105 Å². The molecular formula is C50H42O8S4. The van der Waals surface area contributed by atoms with E-state index in [0.29, 0.717) is 48.7 Å². The zero-order chi connectivity index (χ0) is 43.6. The molecule has 2 heterocycles. The van der Waals surface area contributed by atoms with Crippen LogP contribution in [-0.2, 0) is 18.9 Å². The van der Waals surface area contributed by atoms with Crippen LogP contribution in [0.5, 0.6) is 0 Å². The number of hydrogen-bond acceptors (Lipinski definition) is 12. The SMILES string of the molecule is CCOC(=O)c1ccc(C2=C(c3ccc(C(=O)OCC)cc3)SC(=Cc3ccc(C=C4SC(c5ccc(C(=O)OCC)cc5)=C(c5ccc(C(=O)OCC)cc5)S4)cc3)S2)cc1. The van der Waals surface area contributed by atoms with Gasteiger partial charge in [0, 0.05) is 19.6 Å². The average Bonchev–Trinajstić information content (AvgIpc) is 3.92. The molecule has 0 aromatic heterocycles. The van der Waals surface area contributed by atoms with Crippen LogP contribution in [0.3, 0.4) is 0 Å². The van der Waals surface area contributed by atoms with Crippen molar-refractivity contribution in [2.24, 2.45) is 0 Å². The van der Waals surface area contributed by atoms with E-state index in [0.717, 1.165) is 61.5 Å². The first-order valence-corrected chi connectivity index (χ1v) is 23.3. The highest BCUT2D eigenvalue weighted by Gasteiger charge is 2.26. The smallest absolute Gasteiger partial charge is 0.338 e. The molecule has 2 aliphatic heterocycles. The number of carbonyl (C=O) groups is 4. The Labute approximate surface area is 378 Å². The third kappa shape index (κ3) is 10.7. The molecule has 314 valence electrons. The van der Waals surface area contributed by atoms with Gasteiger partial charge in [0.1, 0.15) is 0 Å². The molecule has 0 radical (unpaired) electrons. The van der Waals surface area contributed by atoms with Gasteiger partial charge < -0.3 is 18.9 Å². The summed E-state index contributed by atoms with van der Waals surface area (Å²) < 4.78 is 22.9. The van der Waals surface area contributed by atoms with Crippen LogP contribution in [0.4, 0.5) is 0 Å². The third-order valence-electron chi connectivity index (χ3n) is 9.36. The van der Waals surface area contributed by atoms with Crippen molar-refractivity contribution in [1.29, 1.82) is 0 Å². The van der Waals surface area contributed by atoms with Crippen LogP contribution in [0.15, 0.2) is 130 Å². The molecular weight excluding hydrogens is 857 g/mol. The highest BCUT2D eigenvalue weighted by atomic mass is 32.2. The molecule has 0 aliphatic carbocycles. The number of carbonyl (C=O) groups excluding carboxylic acids is 4. The Kier molecular flexibility index (Phi) is 15.0. The quantitative estimate of drug-likeness (QED) is 0.0782. The van der Waals surface area contributed by atoms with Crippen molar-refractivity contribution < 1.29 is 38.1 Å². The van der Waals surface area contributed by atoms with E-state index in [1.807, 2.05) is 48.5 Å². The molecule has 5 aromatic rings. The highest BCUT2D eigenvalue weighted by Crippen LogP contribution is 2.59. The van der Waals surface area contributed by atoms with Gasteiger partial charge in [-0.05, 0) is 122 Å². The normalized spacial score (nSPS) is 13.5. The van der Waals surface area contributed by atoms with E-state index in [1.54, 1.807) is 123 Å². The van der Waals surface area contributed by atoms with E-state index in [2.05, 4.69) is 36.4 Å². The molecule has 2 aliphatic rings. The Morgan fingerprint density at radius 2 is 0.565 bits per heavy atom. The fourth-order valence-corrected chi connectivity index (χ4v) is 11.6. The van der Waals surface area contributed by atoms with Gasteiger partial charge in [-0.15, -0.1) is 0 Å². The Bertz CT molecular complexity index is 2260. The van der Waals surface area contributed by atoms with Gasteiger partial charge in [0.15, 0.2) is 0 Å². The van der Waals surface area contributed by atoms with E-state index in [9.17, 15) is 19.2 Å². The molecule has 0 amide bonds. The summed E-state index contributed by atoms with van der Waals surface area (Å²) >= 11 is 6.64. The molecule has 0 saturated carbocycles. The molecule has 0 N–H and O–H groups in total. The average molecular weight is 899 g/mol. The minimum absolute atomic E-state index is 0.305. The Hall–Kier alpha value is -5.66. The van der Waals surface area contributed by atoms with E-state index in [-0.39, 0.29) is 23.9 Å². The molecule has 62 heavy (non-hydrogen) atoms. The molecule has 7 rings (SSSR count). The van der Waals surface area contributed by atoms with Crippen molar-refractivity contribution in [1.82, 2.24) is 0 Å². The highest BCUT2D eigenvalue weighted by molar-refractivity contribution is 8.35. The predicted molar refractivity (Wildman–Crippen MR) is 256 cm³/mol. The second kappa shape index (κ2) is 20.9. The summed E-state index contributed by atoms with van der Waals surface area (Å²) in [7, 11) is 0. The van der Waals surface area contributed by atoms with Gasteiger partial charge in [-0.2, -0.15) is 0 Å². The van der Waals surface area contributed by atoms with Gasteiger partial charge in [0.2, 0.25) is 0 Å². The number of thioether (sulfide) groups is 4. The fourth-order valence-electron chi connectivity index (χ4n) is 6.36. The zero-order valence-corrected chi connectivity index (χ0v) is 37.7. The van der Waals surface area contributed by atoms with Crippen LogP contribution in [0, 0.1) is 0 Å². The lowest BCUT2D eigenvalue weighted by atomic mass is 10.1. The maximum atomic E-state index is 12.4. The van der Waals surface area contributed by atoms with E-state index in [4.69, 9.17) is 18.9 Å². The summed E-state index contributed by atoms with van der Waals surface area (Å²) in [6, 6.07) is 38.2. The standard InChI is InChI=1S/C50H42O8S4/c1-5-55-47(51)37-21-13-33(14-22-37)43-44(34-15-23-38(24-16-34)48(52)56-6-2)60-41(59-43)29-31-9-11-32(12-10-31)30-42-61-45(35-17-25-39(26-18-35)49(53)57-7-3)46(62-42)36-19-27-40(28-20-36)50(54)58-8-4/h9-30H,5-8H2,1-4H3. The first-order valence-electron chi connectivity index (χ1n) is 20.0. The monoisotopic (exact) mass is 898 g/mol. The van der Waals surface area contributed by atoms with Gasteiger partial charge in [-0.25, -0.2) is 19.2 Å². The zero-order valence-electron chi connectivity index (χ0n) is 34.4. The van der Waals surface area contributed by atoms with E-state index >= 15 is 0 Å². The Morgan fingerprint density at radius 3 is 0.758 bits per heavy atom. The number of esters is 4. The molecule has 12 heteroatoms. The number of rotatable bonds is 14. The van der Waals surface area contributed by atoms with Crippen LogP contribution < -0.4 is 0 Å². The van der Waals surface area contributed by atoms with Gasteiger partial charge >= 0.3 is 23.9 Å². The fraction of sp³-hybridized carbons (Fsp3) is 0.160. The summed E-state index contributed by atoms with van der Waals surface area (Å²) in [6.07, 6.45) is 4.33. The minimum Gasteiger partial charge on any atom is -0.462 e. The third-order valence-corrected chi connectivity index (χ3v) is 14.5. The van der Waals surface area contributed by atoms with Crippen LogP contribution in [0.1, 0.15) is 103 Å². The van der Waals surface area contributed by atoms with Crippen molar-refractivity contribution in [3.05, 3.63) is 185 Å². The van der Waals surface area contributed by atoms with Gasteiger partial charge in [-0.3, -0.25) is 0 Å². The second-order valence-electron chi connectivity index (χ2n) is 13.5. The molecule has 0 atom stereocenters. The lowest BCUT2D eigenvalue weighted by Gasteiger charge is -2.08. The number of ether oxygens (including phenoxy) is 4. The number of benzene rings is 5. The molecule has 0 bridgehead atoms. The molecule has 8 nitrogen and oxygen atoms in total. The molecule has 0 spiro atoms. The lowest BCUT2D eigenvalue weighted by Crippen LogP contribution is -2.04. The molecule has 0 fully saturated rings. The predicted octanol–water partition coefficient (Wildman–Crippen LogP) is 13.0. The summed E-state index contributed by atoms with van der Waals surface area (Å²) in [5.41, 5.74) is 7.90. The Balaban J connectivity index is 1.13. The maximum absolute atomic E-state index is 12.4. The summed E-state index contributed by atoms with van der Waals surface area (Å²) in [5.74, 6) is -1.44. The maximum Gasteiger partial charge on any atom is 0.338 e. The van der Waals surface area contributed by atoms with E-state index < -0.39 is 0 Å². The van der Waals surface area contributed by atoms with Gasteiger partial charge in [-0.1, -0.05) is 120 Å². The van der Waals surface area contributed by atoms with Crippen LogP contribution in [-0.4, -0.2) is 50.3 Å². The summed E-state index contributed by atoms with van der Waals surface area (Å²) in [5, 5.41) is 0. The summed E-state index contributed by atoms with van der Waals surface area (Å²) in [6.45, 7) is 8.36. The second-order valence-corrected chi connectivity index (χ2v) is 18.2. The van der Waals surface area contributed by atoms with Crippen molar-refractivity contribution in [2.45, 2.75) is 27.7 Å². The van der Waals surface area contributed by atoms with E-state index in [1.165, 1.54) is 0 Å². The van der Waals surface area contributed by atoms with Crippen molar-refractivity contribution >= 4 is 103 Å². The lowest BCUT2D eigenvalue weighted by molar-refractivity contribution is 0.0516. The minimum atomic E-state index is -0.359. The van der Waals surface area contributed by atoms with Crippen LogP contribution in [0.25, 0.3) is 31.8 Å². The Morgan fingerprint density at radius 1 is 0.355 bits per heavy atom. The van der Waals surface area contributed by atoms with Crippen LogP contribution >= 0.6 is 47.0 Å². The molecule has 0 saturated heterocycles. The number of hydrogen-bond donors (Lipinski definition) is 0. The largest absolute Gasteiger partial charge is 0.462 e. The first kappa shape index (κ1) is 44.4. The summed E-state index contributed by atoms with van der Waals surface area (Å²) in [4.78, 5) is 53.7. The van der Waals surface area contributed by atoms with Crippen molar-refractivity contribution in [3.8, 4) is 0 Å².